The van der Waals surface area contributed by atoms with Gasteiger partial charge in [0.15, 0.2) is 21.2 Å². The highest BCUT2D eigenvalue weighted by Gasteiger charge is 1.84. The molecule has 74 valence electrons. The van der Waals surface area contributed by atoms with Crippen LogP contribution in [0.4, 0.5) is 0 Å². The molecule has 2 N–H and O–H groups in total. The van der Waals surface area contributed by atoms with Crippen molar-refractivity contribution in [1.82, 2.24) is 0 Å². The smallest absolute Gasteiger partial charge is 0.265 e. The van der Waals surface area contributed by atoms with E-state index in [2.05, 4.69) is 0 Å². The lowest BCUT2D eigenvalue weighted by atomic mass is 10.4. The first kappa shape index (κ1) is 12.6. The molecule has 0 heterocycles. The summed E-state index contributed by atoms with van der Waals surface area (Å²) in [5, 5.41) is 0. The summed E-state index contributed by atoms with van der Waals surface area (Å²) in [5.41, 5.74) is 0. The molecule has 0 radical (unpaired) electrons. The fraction of sp³-hybridized carbons (Fsp3) is 0. The average molecular weight is 318 g/mol. The molecule has 0 aromatic heterocycles. The van der Waals surface area contributed by atoms with Crippen molar-refractivity contribution in [3.05, 3.63) is 33.9 Å². The SMILES string of the molecule is O=Ic1ccccc1.O=S(=O)(O)O. The third-order valence-corrected chi connectivity index (χ3v) is 2.05. The van der Waals surface area contributed by atoms with Gasteiger partial charge in [0.1, 0.15) is 0 Å². The summed E-state index contributed by atoms with van der Waals surface area (Å²) < 4.78 is 42.8. The Morgan fingerprint density at radius 3 is 1.69 bits per heavy atom. The standard InChI is InChI=1S/C6H5IO.H2O4S/c8-7-6-4-2-1-3-5-6;1-5(2,3)4/h1-5H;(H2,1,2,3,4). The van der Waals surface area contributed by atoms with Crippen LogP contribution in [-0.4, -0.2) is 17.5 Å². The van der Waals surface area contributed by atoms with E-state index in [1.165, 1.54) is 0 Å². The van der Waals surface area contributed by atoms with Crippen LogP contribution in [0.2, 0.25) is 0 Å². The van der Waals surface area contributed by atoms with Crippen molar-refractivity contribution < 1.29 is 20.6 Å². The molecule has 0 saturated heterocycles. The van der Waals surface area contributed by atoms with Gasteiger partial charge in [-0.15, -0.1) is 0 Å². The quantitative estimate of drug-likeness (QED) is 0.605. The van der Waals surface area contributed by atoms with Crippen LogP contribution >= 0.6 is 21.2 Å². The lowest BCUT2D eigenvalue weighted by molar-refractivity contribution is 0.381. The molecule has 0 spiro atoms. The molecule has 0 aliphatic rings. The van der Waals surface area contributed by atoms with Crippen LogP contribution < -0.4 is 0 Å². The molecule has 7 heteroatoms. The van der Waals surface area contributed by atoms with Crippen LogP contribution in [0.1, 0.15) is 0 Å². The first-order valence-electron chi connectivity index (χ1n) is 2.95. The summed E-state index contributed by atoms with van der Waals surface area (Å²) in [6, 6.07) is 9.46. The predicted octanol–water partition coefficient (Wildman–Crippen LogP) is 1.52. The number of hydrogen-bond donors (Lipinski definition) is 2. The topological polar surface area (TPSA) is 91.7 Å². The Bertz CT molecular complexity index is 339. The van der Waals surface area contributed by atoms with Crippen molar-refractivity contribution in [2.75, 3.05) is 0 Å². The van der Waals surface area contributed by atoms with Gasteiger partial charge < -0.3 is 0 Å². The van der Waals surface area contributed by atoms with Crippen LogP contribution in [-0.2, 0) is 13.5 Å². The Morgan fingerprint density at radius 2 is 1.46 bits per heavy atom. The van der Waals surface area contributed by atoms with Gasteiger partial charge in [0.25, 0.3) is 0 Å². The molecule has 1 aromatic rings. The minimum absolute atomic E-state index is 0.941. The maximum atomic E-state index is 10.2. The van der Waals surface area contributed by atoms with Crippen molar-refractivity contribution >= 4 is 31.6 Å². The summed E-state index contributed by atoms with van der Waals surface area (Å²) in [6.07, 6.45) is 0. The maximum absolute atomic E-state index is 10.2. The van der Waals surface area contributed by atoms with Crippen LogP contribution in [0.25, 0.3) is 0 Å². The van der Waals surface area contributed by atoms with E-state index in [0.29, 0.717) is 0 Å². The molecule has 0 saturated carbocycles. The van der Waals surface area contributed by atoms with Gasteiger partial charge in [0.05, 0.1) is 0 Å². The molecule has 5 nitrogen and oxygen atoms in total. The van der Waals surface area contributed by atoms with Crippen molar-refractivity contribution in [3.8, 4) is 0 Å². The van der Waals surface area contributed by atoms with Gasteiger partial charge in [0, 0.05) is 3.57 Å². The molecule has 1 rings (SSSR count). The van der Waals surface area contributed by atoms with Gasteiger partial charge >= 0.3 is 10.4 Å². The summed E-state index contributed by atoms with van der Waals surface area (Å²) in [6.45, 7) is 0. The molecule has 0 fully saturated rings. The minimum Gasteiger partial charge on any atom is -0.265 e. The van der Waals surface area contributed by atoms with Gasteiger partial charge in [-0.2, -0.15) is 8.42 Å². The summed E-state index contributed by atoms with van der Waals surface area (Å²) >= 11 is -0.941. The molecule has 0 aliphatic carbocycles. The van der Waals surface area contributed by atoms with Gasteiger partial charge in [-0.05, 0) is 12.1 Å². The van der Waals surface area contributed by atoms with Crippen LogP contribution in [0.3, 0.4) is 0 Å². The zero-order valence-electron chi connectivity index (χ0n) is 6.29. The Hall–Kier alpha value is -0.380. The largest absolute Gasteiger partial charge is 0.394 e. The molecule has 0 aliphatic heterocycles. The zero-order chi connectivity index (χ0) is 10.3. The Morgan fingerprint density at radius 1 is 1.08 bits per heavy atom. The van der Waals surface area contributed by atoms with Gasteiger partial charge in [-0.25, -0.2) is 0 Å². The molecule has 0 unspecified atom stereocenters. The molecule has 1 aromatic carbocycles. The summed E-state index contributed by atoms with van der Waals surface area (Å²) in [4.78, 5) is 0. The van der Waals surface area contributed by atoms with Crippen LogP contribution in [0.5, 0.6) is 0 Å². The highest BCUT2D eigenvalue weighted by molar-refractivity contribution is 14.1. The van der Waals surface area contributed by atoms with E-state index in [9.17, 15) is 3.07 Å². The van der Waals surface area contributed by atoms with E-state index in [1.807, 2.05) is 30.3 Å². The highest BCUT2D eigenvalue weighted by atomic mass is 127. The normalized spacial score (nSPS) is 10.0. The van der Waals surface area contributed by atoms with E-state index in [4.69, 9.17) is 17.5 Å². The Labute approximate surface area is 86.0 Å². The molecule has 0 bridgehead atoms. The monoisotopic (exact) mass is 318 g/mol. The maximum Gasteiger partial charge on any atom is 0.394 e. The minimum atomic E-state index is -4.67. The molecule has 13 heavy (non-hydrogen) atoms. The van der Waals surface area contributed by atoms with Crippen LogP contribution in [0.15, 0.2) is 30.3 Å². The second-order valence-corrected chi connectivity index (χ2v) is 4.40. The van der Waals surface area contributed by atoms with Crippen LogP contribution in [0, 0.1) is 3.57 Å². The van der Waals surface area contributed by atoms with Crippen molar-refractivity contribution in [2.45, 2.75) is 0 Å². The fourth-order valence-corrected chi connectivity index (χ4v) is 1.17. The third kappa shape index (κ3) is 11.6. The Balaban J connectivity index is 0.000000252. The van der Waals surface area contributed by atoms with E-state index in [-0.39, 0.29) is 0 Å². The Kier molecular flexibility index (Phi) is 5.95. The number of halogens is 1. The van der Waals surface area contributed by atoms with E-state index in [0.717, 1.165) is 3.57 Å². The molecular formula is C6H7IO5S. The van der Waals surface area contributed by atoms with E-state index >= 15 is 0 Å². The lowest BCUT2D eigenvalue weighted by Gasteiger charge is -1.80. The highest BCUT2D eigenvalue weighted by Crippen LogP contribution is 2.06. The first-order chi connectivity index (χ1) is 5.93. The second-order valence-electron chi connectivity index (χ2n) is 1.82. The third-order valence-electron chi connectivity index (χ3n) is 0.822. The molecular weight excluding hydrogens is 311 g/mol. The number of rotatable bonds is 1. The number of hydrogen-bond acceptors (Lipinski definition) is 3. The summed E-state index contributed by atoms with van der Waals surface area (Å²) in [5.74, 6) is 0. The van der Waals surface area contributed by atoms with E-state index in [1.54, 1.807) is 0 Å². The van der Waals surface area contributed by atoms with Gasteiger partial charge in [-0.3, -0.25) is 12.2 Å². The molecule has 0 atom stereocenters. The van der Waals surface area contributed by atoms with Gasteiger partial charge in [0.2, 0.25) is 0 Å². The number of benzene rings is 1. The van der Waals surface area contributed by atoms with Crippen molar-refractivity contribution in [1.29, 1.82) is 0 Å². The average Bonchev–Trinajstić information content (AvgIpc) is 2.03. The predicted molar refractivity (Wildman–Crippen MR) is 54.0 cm³/mol. The van der Waals surface area contributed by atoms with Crippen molar-refractivity contribution in [3.63, 3.8) is 0 Å². The zero-order valence-corrected chi connectivity index (χ0v) is 9.27. The molecule has 0 amide bonds. The first-order valence-corrected chi connectivity index (χ1v) is 6.31. The summed E-state index contributed by atoms with van der Waals surface area (Å²) in [7, 11) is -4.67. The van der Waals surface area contributed by atoms with Crippen molar-refractivity contribution in [2.24, 2.45) is 0 Å². The fourth-order valence-electron chi connectivity index (χ4n) is 0.466. The lowest BCUT2D eigenvalue weighted by Crippen LogP contribution is -1.89. The second kappa shape index (κ2) is 6.13. The van der Waals surface area contributed by atoms with Gasteiger partial charge in [-0.1, -0.05) is 18.2 Å². The van der Waals surface area contributed by atoms with E-state index < -0.39 is 31.6 Å².